The molecule has 0 fully saturated rings. The van der Waals surface area contributed by atoms with E-state index < -0.39 is 0 Å². The lowest BCUT2D eigenvalue weighted by Gasteiger charge is -2.19. The normalized spacial score (nSPS) is 12.9. The first-order valence-corrected chi connectivity index (χ1v) is 5.90. The van der Waals surface area contributed by atoms with E-state index in [0.29, 0.717) is 0 Å². The molecule has 2 rings (SSSR count). The van der Waals surface area contributed by atoms with Gasteiger partial charge in [-0.1, -0.05) is 0 Å². The van der Waals surface area contributed by atoms with E-state index >= 15 is 0 Å². The summed E-state index contributed by atoms with van der Waals surface area (Å²) < 4.78 is 6.88. The molecule has 0 N–H and O–H groups in total. The number of aromatic nitrogens is 1. The molecule has 1 aromatic heterocycles. The first-order chi connectivity index (χ1) is 8.54. The monoisotopic (exact) mass is 246 g/mol. The zero-order valence-corrected chi connectivity index (χ0v) is 11.2. The van der Waals surface area contributed by atoms with Crippen LogP contribution in [0.25, 0.3) is 10.9 Å². The molecule has 0 saturated heterocycles. The predicted octanol–water partition coefficient (Wildman–Crippen LogP) is 2.24. The van der Waals surface area contributed by atoms with Crippen LogP contribution < -0.4 is 4.74 Å². The summed E-state index contributed by atoms with van der Waals surface area (Å²) in [5.41, 5.74) is 0.882. The quantitative estimate of drug-likeness (QED) is 0.833. The van der Waals surface area contributed by atoms with Crippen molar-refractivity contribution in [2.24, 2.45) is 0 Å². The lowest BCUT2D eigenvalue weighted by molar-refractivity contribution is 0.0809. The number of benzene rings is 1. The minimum atomic E-state index is -0.160. The highest BCUT2D eigenvalue weighted by molar-refractivity contribution is 5.95. The molecule has 0 amide bonds. The maximum absolute atomic E-state index is 12.3. The number of hydrogen-bond acceptors (Lipinski definition) is 3. The molecule has 0 spiro atoms. The van der Waals surface area contributed by atoms with Crippen molar-refractivity contribution in [3.8, 4) is 5.75 Å². The molecule has 1 atom stereocenters. The summed E-state index contributed by atoms with van der Waals surface area (Å²) in [6.45, 7) is 1.90. The number of nitrogens with zero attached hydrogens (tertiary/aromatic N) is 2. The Balaban J connectivity index is 2.48. The molecular formula is C14H18N2O2. The van der Waals surface area contributed by atoms with Gasteiger partial charge in [0.05, 0.1) is 18.7 Å². The molecular weight excluding hydrogens is 228 g/mol. The van der Waals surface area contributed by atoms with Gasteiger partial charge in [-0.05, 0) is 39.2 Å². The van der Waals surface area contributed by atoms with Crippen LogP contribution in [0.1, 0.15) is 11.7 Å². The molecule has 4 nitrogen and oxygen atoms in total. The van der Waals surface area contributed by atoms with Gasteiger partial charge in [0.2, 0.25) is 5.91 Å². The highest BCUT2D eigenvalue weighted by atomic mass is 16.5. The van der Waals surface area contributed by atoms with Crippen LogP contribution in [0, 0.1) is 0 Å². The van der Waals surface area contributed by atoms with Gasteiger partial charge >= 0.3 is 0 Å². The van der Waals surface area contributed by atoms with Crippen molar-refractivity contribution in [1.82, 2.24) is 9.47 Å². The van der Waals surface area contributed by atoms with Gasteiger partial charge in [-0.25, -0.2) is 0 Å². The van der Waals surface area contributed by atoms with Gasteiger partial charge in [-0.15, -0.1) is 0 Å². The van der Waals surface area contributed by atoms with E-state index in [9.17, 15) is 4.79 Å². The maximum Gasteiger partial charge on any atom is 0.248 e. The largest absolute Gasteiger partial charge is 0.497 e. The van der Waals surface area contributed by atoms with Gasteiger partial charge in [0.1, 0.15) is 5.75 Å². The van der Waals surface area contributed by atoms with Gasteiger partial charge in [0, 0.05) is 17.6 Å². The lowest BCUT2D eigenvalue weighted by Crippen LogP contribution is -2.36. The van der Waals surface area contributed by atoms with Crippen LogP contribution in [0.2, 0.25) is 0 Å². The second-order valence-electron chi connectivity index (χ2n) is 4.59. The Labute approximate surface area is 107 Å². The van der Waals surface area contributed by atoms with E-state index in [2.05, 4.69) is 0 Å². The number of rotatable bonds is 3. The van der Waals surface area contributed by atoms with Gasteiger partial charge in [0.15, 0.2) is 0 Å². The fraction of sp³-hybridized carbons (Fsp3) is 0.357. The van der Waals surface area contributed by atoms with Crippen molar-refractivity contribution < 1.29 is 9.53 Å². The third-order valence-corrected chi connectivity index (χ3v) is 3.27. The molecule has 0 bridgehead atoms. The van der Waals surface area contributed by atoms with E-state index in [-0.39, 0.29) is 11.9 Å². The molecule has 0 radical (unpaired) electrons. The molecule has 0 aliphatic heterocycles. The van der Waals surface area contributed by atoms with E-state index in [1.807, 2.05) is 56.4 Å². The summed E-state index contributed by atoms with van der Waals surface area (Å²) in [7, 11) is 5.42. The van der Waals surface area contributed by atoms with Crippen molar-refractivity contribution in [2.45, 2.75) is 13.0 Å². The van der Waals surface area contributed by atoms with Crippen LogP contribution in [0.5, 0.6) is 5.75 Å². The number of methoxy groups -OCH3 is 1. The number of carbonyl (C=O) groups excluding carboxylic acids is 1. The Morgan fingerprint density at radius 2 is 2.06 bits per heavy atom. The first kappa shape index (κ1) is 12.6. The Hall–Kier alpha value is -1.81. The van der Waals surface area contributed by atoms with Crippen LogP contribution in [0.4, 0.5) is 0 Å². The minimum Gasteiger partial charge on any atom is -0.497 e. The summed E-state index contributed by atoms with van der Waals surface area (Å²) in [4.78, 5) is 14.2. The molecule has 2 aromatic rings. The summed E-state index contributed by atoms with van der Waals surface area (Å²) in [6, 6.07) is 7.52. The van der Waals surface area contributed by atoms with Crippen molar-refractivity contribution in [3.63, 3.8) is 0 Å². The predicted molar refractivity (Wildman–Crippen MR) is 72.3 cm³/mol. The molecule has 0 aliphatic carbocycles. The summed E-state index contributed by atoms with van der Waals surface area (Å²) in [5, 5.41) is 1.04. The number of hydrogen-bond donors (Lipinski definition) is 0. The smallest absolute Gasteiger partial charge is 0.248 e. The second kappa shape index (κ2) is 4.82. The Kier molecular flexibility index (Phi) is 3.39. The van der Waals surface area contributed by atoms with Crippen LogP contribution in [0.3, 0.4) is 0 Å². The van der Waals surface area contributed by atoms with Crippen molar-refractivity contribution >= 4 is 16.8 Å². The highest BCUT2D eigenvalue weighted by Gasteiger charge is 2.18. The van der Waals surface area contributed by atoms with E-state index in [1.54, 1.807) is 11.7 Å². The zero-order chi connectivity index (χ0) is 13.3. The van der Waals surface area contributed by atoms with Gasteiger partial charge in [-0.2, -0.15) is 0 Å². The van der Waals surface area contributed by atoms with Gasteiger partial charge in [0.25, 0.3) is 0 Å². The number of ether oxygens (including phenoxy) is 1. The Morgan fingerprint density at radius 1 is 1.33 bits per heavy atom. The summed E-state index contributed by atoms with van der Waals surface area (Å²) in [6.07, 6.45) is 1.81. The van der Waals surface area contributed by atoms with E-state index in [0.717, 1.165) is 16.7 Å². The molecule has 1 unspecified atom stereocenters. The SMILES string of the molecule is COc1ccc2ccn(C(=O)C(C)N(C)C)c2c1. The van der Waals surface area contributed by atoms with Crippen LogP contribution >= 0.6 is 0 Å². The summed E-state index contributed by atoms with van der Waals surface area (Å²) in [5.74, 6) is 0.816. The lowest BCUT2D eigenvalue weighted by atomic mass is 10.2. The molecule has 1 heterocycles. The van der Waals surface area contributed by atoms with Gasteiger partial charge < -0.3 is 4.74 Å². The van der Waals surface area contributed by atoms with Crippen molar-refractivity contribution in [2.75, 3.05) is 21.2 Å². The number of likely N-dealkylation sites (N-methyl/N-ethyl adjacent to an activating group) is 1. The zero-order valence-electron chi connectivity index (χ0n) is 11.2. The molecule has 1 aromatic carbocycles. The van der Waals surface area contributed by atoms with Gasteiger partial charge in [-0.3, -0.25) is 14.3 Å². The van der Waals surface area contributed by atoms with Crippen molar-refractivity contribution in [3.05, 3.63) is 30.5 Å². The number of fused-ring (bicyclic) bond motifs is 1. The number of carbonyl (C=O) groups is 1. The third kappa shape index (κ3) is 2.11. The van der Waals surface area contributed by atoms with Crippen LogP contribution in [0.15, 0.2) is 30.5 Å². The van der Waals surface area contributed by atoms with E-state index in [4.69, 9.17) is 4.74 Å². The Bertz CT molecular complexity index is 572. The molecule has 0 saturated carbocycles. The topological polar surface area (TPSA) is 34.5 Å². The maximum atomic E-state index is 12.3. The van der Waals surface area contributed by atoms with Crippen LogP contribution in [-0.4, -0.2) is 42.6 Å². The molecule has 18 heavy (non-hydrogen) atoms. The summed E-state index contributed by atoms with van der Waals surface area (Å²) >= 11 is 0. The fourth-order valence-corrected chi connectivity index (χ4v) is 1.85. The first-order valence-electron chi connectivity index (χ1n) is 5.90. The van der Waals surface area contributed by atoms with Crippen molar-refractivity contribution in [1.29, 1.82) is 0 Å². The molecule has 4 heteroatoms. The second-order valence-corrected chi connectivity index (χ2v) is 4.59. The fourth-order valence-electron chi connectivity index (χ4n) is 1.85. The average molecular weight is 246 g/mol. The standard InChI is InChI=1S/C14H18N2O2/c1-10(15(2)3)14(17)16-8-7-11-5-6-12(18-4)9-13(11)16/h5-10H,1-4H3. The third-order valence-electron chi connectivity index (χ3n) is 3.27. The molecule has 0 aliphatic rings. The Morgan fingerprint density at radius 3 is 2.67 bits per heavy atom. The average Bonchev–Trinajstić information content (AvgIpc) is 2.79. The highest BCUT2D eigenvalue weighted by Crippen LogP contribution is 2.22. The molecule has 96 valence electrons. The van der Waals surface area contributed by atoms with Crippen LogP contribution in [-0.2, 0) is 0 Å². The minimum absolute atomic E-state index is 0.0586. The van der Waals surface area contributed by atoms with E-state index in [1.165, 1.54) is 0 Å².